The zero-order chi connectivity index (χ0) is 12.5. The minimum absolute atomic E-state index is 0.426. The molecule has 3 aromatic rings. The summed E-state index contributed by atoms with van der Waals surface area (Å²) in [6.07, 6.45) is 3.12. The average molecular weight is 246 g/mol. The van der Waals surface area contributed by atoms with Crippen molar-refractivity contribution >= 4 is 22.5 Å². The Bertz CT molecular complexity index is 708. The van der Waals surface area contributed by atoms with Gasteiger partial charge in [-0.05, 0) is 18.2 Å². The summed E-state index contributed by atoms with van der Waals surface area (Å²) in [5, 5.41) is 3.70. The van der Waals surface area contributed by atoms with Crippen LogP contribution in [-0.2, 0) is 0 Å². The summed E-state index contributed by atoms with van der Waals surface area (Å²) in [5.41, 5.74) is 1.10. The van der Waals surface area contributed by atoms with E-state index in [1.54, 1.807) is 12.3 Å². The van der Waals surface area contributed by atoms with Crippen molar-refractivity contribution in [3.8, 4) is 0 Å². The first kappa shape index (κ1) is 10.6. The third-order valence-corrected chi connectivity index (χ3v) is 2.54. The first-order valence-electron chi connectivity index (χ1n) is 5.24. The van der Waals surface area contributed by atoms with Crippen molar-refractivity contribution in [2.24, 2.45) is 0 Å². The molecule has 0 bridgehead atoms. The molecule has 2 N–H and O–H groups in total. The lowest BCUT2D eigenvalue weighted by Crippen LogP contribution is -1.96. The van der Waals surface area contributed by atoms with E-state index in [9.17, 15) is 8.78 Å². The normalized spacial score (nSPS) is 10.8. The molecule has 2 heterocycles. The SMILES string of the molecule is Fc1ccc(Nc2ncnc3[nH]ccc23)cc1F. The van der Waals surface area contributed by atoms with Crippen molar-refractivity contribution < 1.29 is 8.78 Å². The first-order valence-corrected chi connectivity index (χ1v) is 5.24. The zero-order valence-electron chi connectivity index (χ0n) is 9.11. The highest BCUT2D eigenvalue weighted by atomic mass is 19.2. The fourth-order valence-electron chi connectivity index (χ4n) is 1.68. The van der Waals surface area contributed by atoms with Crippen LogP contribution in [0.25, 0.3) is 11.0 Å². The molecule has 0 aliphatic heterocycles. The van der Waals surface area contributed by atoms with Crippen LogP contribution in [0.2, 0.25) is 0 Å². The Kier molecular flexibility index (Phi) is 2.40. The Morgan fingerprint density at radius 1 is 1.06 bits per heavy atom. The van der Waals surface area contributed by atoms with Crippen LogP contribution in [-0.4, -0.2) is 15.0 Å². The van der Waals surface area contributed by atoms with E-state index >= 15 is 0 Å². The van der Waals surface area contributed by atoms with E-state index in [2.05, 4.69) is 20.3 Å². The number of hydrogen-bond acceptors (Lipinski definition) is 3. The molecular formula is C12H8F2N4. The molecule has 0 fully saturated rings. The van der Waals surface area contributed by atoms with Crippen LogP contribution in [0.15, 0.2) is 36.8 Å². The first-order chi connectivity index (χ1) is 8.74. The number of rotatable bonds is 2. The quantitative estimate of drug-likeness (QED) is 0.730. The highest BCUT2D eigenvalue weighted by Crippen LogP contribution is 2.22. The maximum absolute atomic E-state index is 13.1. The van der Waals surface area contributed by atoms with Gasteiger partial charge in [0, 0.05) is 18.0 Å². The average Bonchev–Trinajstić information content (AvgIpc) is 2.83. The predicted molar refractivity (Wildman–Crippen MR) is 63.5 cm³/mol. The second-order valence-electron chi connectivity index (χ2n) is 3.72. The van der Waals surface area contributed by atoms with E-state index in [4.69, 9.17) is 0 Å². The summed E-state index contributed by atoms with van der Waals surface area (Å²) in [7, 11) is 0. The molecule has 6 heteroatoms. The van der Waals surface area contributed by atoms with E-state index in [1.165, 1.54) is 12.4 Å². The lowest BCUT2D eigenvalue weighted by Gasteiger charge is -2.06. The van der Waals surface area contributed by atoms with Gasteiger partial charge in [0.05, 0.1) is 5.39 Å². The van der Waals surface area contributed by atoms with Gasteiger partial charge in [0.1, 0.15) is 17.8 Å². The molecule has 0 unspecified atom stereocenters. The molecule has 2 aromatic heterocycles. The smallest absolute Gasteiger partial charge is 0.160 e. The predicted octanol–water partition coefficient (Wildman–Crippen LogP) is 2.98. The maximum atomic E-state index is 13.1. The van der Waals surface area contributed by atoms with E-state index in [1.807, 2.05) is 0 Å². The lowest BCUT2D eigenvalue weighted by atomic mass is 10.3. The zero-order valence-corrected chi connectivity index (χ0v) is 9.11. The fourth-order valence-corrected chi connectivity index (χ4v) is 1.68. The molecule has 1 aromatic carbocycles. The van der Waals surface area contributed by atoms with Crippen molar-refractivity contribution in [1.82, 2.24) is 15.0 Å². The molecule has 0 aliphatic rings. The van der Waals surface area contributed by atoms with Crippen molar-refractivity contribution in [2.75, 3.05) is 5.32 Å². The Labute approximate surface area is 101 Å². The van der Waals surface area contributed by atoms with Crippen LogP contribution in [0, 0.1) is 11.6 Å². The minimum Gasteiger partial charge on any atom is -0.346 e. The van der Waals surface area contributed by atoms with E-state index < -0.39 is 11.6 Å². The van der Waals surface area contributed by atoms with Gasteiger partial charge >= 0.3 is 0 Å². The van der Waals surface area contributed by atoms with E-state index in [-0.39, 0.29) is 0 Å². The molecule has 0 amide bonds. The molecule has 18 heavy (non-hydrogen) atoms. The number of aromatic amines is 1. The molecule has 3 rings (SSSR count). The molecule has 0 saturated carbocycles. The summed E-state index contributed by atoms with van der Waals surface area (Å²) in [5.74, 6) is -1.25. The Morgan fingerprint density at radius 2 is 1.94 bits per heavy atom. The number of anilines is 2. The highest BCUT2D eigenvalue weighted by Gasteiger charge is 2.06. The van der Waals surface area contributed by atoms with Crippen molar-refractivity contribution in [3.05, 3.63) is 48.4 Å². The van der Waals surface area contributed by atoms with Gasteiger partial charge in [0.25, 0.3) is 0 Å². The summed E-state index contributed by atoms with van der Waals surface area (Å²) in [6, 6.07) is 5.39. The van der Waals surface area contributed by atoms with Gasteiger partial charge in [-0.15, -0.1) is 0 Å². The number of nitrogens with zero attached hydrogens (tertiary/aromatic N) is 2. The third-order valence-electron chi connectivity index (χ3n) is 2.54. The number of nitrogens with one attached hydrogen (secondary N) is 2. The van der Waals surface area contributed by atoms with Crippen LogP contribution in [0.4, 0.5) is 20.3 Å². The highest BCUT2D eigenvalue weighted by molar-refractivity contribution is 5.88. The minimum atomic E-state index is -0.903. The van der Waals surface area contributed by atoms with Gasteiger partial charge < -0.3 is 10.3 Å². The fraction of sp³-hybridized carbons (Fsp3) is 0. The summed E-state index contributed by atoms with van der Waals surface area (Å²) >= 11 is 0. The van der Waals surface area contributed by atoms with Crippen LogP contribution >= 0.6 is 0 Å². The Morgan fingerprint density at radius 3 is 2.78 bits per heavy atom. The number of halogens is 2. The van der Waals surface area contributed by atoms with Gasteiger partial charge in [-0.2, -0.15) is 0 Å². The molecule has 0 saturated heterocycles. The summed E-state index contributed by atoms with van der Waals surface area (Å²) < 4.78 is 25.9. The van der Waals surface area contributed by atoms with Crippen LogP contribution < -0.4 is 5.32 Å². The van der Waals surface area contributed by atoms with Gasteiger partial charge in [-0.1, -0.05) is 0 Å². The lowest BCUT2D eigenvalue weighted by molar-refractivity contribution is 0.509. The second kappa shape index (κ2) is 4.06. The van der Waals surface area contributed by atoms with Gasteiger partial charge in [-0.3, -0.25) is 0 Å². The van der Waals surface area contributed by atoms with Crippen molar-refractivity contribution in [3.63, 3.8) is 0 Å². The Balaban J connectivity index is 2.01. The summed E-state index contributed by atoms with van der Waals surface area (Å²) in [4.78, 5) is 11.0. The number of hydrogen-bond donors (Lipinski definition) is 2. The van der Waals surface area contributed by atoms with Gasteiger partial charge in [-0.25, -0.2) is 18.7 Å². The molecule has 0 spiro atoms. The molecule has 0 radical (unpaired) electrons. The second-order valence-corrected chi connectivity index (χ2v) is 3.72. The maximum Gasteiger partial charge on any atom is 0.160 e. The molecule has 0 aliphatic carbocycles. The van der Waals surface area contributed by atoms with E-state index in [0.717, 1.165) is 17.5 Å². The molecule has 0 atom stereocenters. The molecule has 4 nitrogen and oxygen atoms in total. The number of H-pyrrole nitrogens is 1. The largest absolute Gasteiger partial charge is 0.346 e. The van der Waals surface area contributed by atoms with Crippen molar-refractivity contribution in [2.45, 2.75) is 0 Å². The topological polar surface area (TPSA) is 53.6 Å². The number of benzene rings is 1. The molecular weight excluding hydrogens is 238 g/mol. The molecule has 90 valence electrons. The van der Waals surface area contributed by atoms with Crippen LogP contribution in [0.5, 0.6) is 0 Å². The van der Waals surface area contributed by atoms with Crippen LogP contribution in [0.3, 0.4) is 0 Å². The number of aromatic nitrogens is 3. The van der Waals surface area contributed by atoms with E-state index in [0.29, 0.717) is 17.2 Å². The number of fused-ring (bicyclic) bond motifs is 1. The standard InChI is InChI=1S/C12H8F2N4/c13-9-2-1-7(5-10(9)14)18-12-8-3-4-15-11(8)16-6-17-12/h1-6H,(H2,15,16,17,18). The summed E-state index contributed by atoms with van der Waals surface area (Å²) in [6.45, 7) is 0. The monoisotopic (exact) mass is 246 g/mol. The third kappa shape index (κ3) is 1.77. The van der Waals surface area contributed by atoms with Crippen LogP contribution in [0.1, 0.15) is 0 Å². The van der Waals surface area contributed by atoms with Gasteiger partial charge in [0.15, 0.2) is 11.6 Å². The Hall–Kier alpha value is -2.50. The van der Waals surface area contributed by atoms with Crippen molar-refractivity contribution in [1.29, 1.82) is 0 Å². The van der Waals surface area contributed by atoms with Gasteiger partial charge in [0.2, 0.25) is 0 Å².